The van der Waals surface area contributed by atoms with Crippen LogP contribution < -0.4 is 10.6 Å². The van der Waals surface area contributed by atoms with Gasteiger partial charge in [0.1, 0.15) is 0 Å². The van der Waals surface area contributed by atoms with Crippen LogP contribution in [0, 0.1) is 0 Å². The van der Waals surface area contributed by atoms with Crippen molar-refractivity contribution < 1.29 is 19.4 Å². The summed E-state index contributed by atoms with van der Waals surface area (Å²) in [5, 5.41) is 15.8. The zero-order valence-electron chi connectivity index (χ0n) is 13.4. The van der Waals surface area contributed by atoms with Crippen molar-refractivity contribution in [3.63, 3.8) is 0 Å². The van der Waals surface area contributed by atoms with Crippen molar-refractivity contribution in [1.29, 1.82) is 0 Å². The third kappa shape index (κ3) is 2.47. The van der Waals surface area contributed by atoms with Gasteiger partial charge in [-0.2, -0.15) is 0 Å². The third-order valence-corrected chi connectivity index (χ3v) is 5.51. The van der Waals surface area contributed by atoms with E-state index in [1.54, 1.807) is 12.5 Å². The van der Waals surface area contributed by atoms with Crippen LogP contribution in [0.4, 0.5) is 0 Å². The monoisotopic (exact) mass is 349 g/mol. The lowest BCUT2D eigenvalue weighted by atomic mass is 9.97. The number of H-pyrrole nitrogens is 1. The number of benzene rings is 1. The molecule has 24 heavy (non-hydrogen) atoms. The van der Waals surface area contributed by atoms with E-state index in [1.165, 1.54) is 7.11 Å². The highest BCUT2D eigenvalue weighted by atomic mass is 32.2. The van der Waals surface area contributed by atoms with E-state index in [0.29, 0.717) is 0 Å². The predicted molar refractivity (Wildman–Crippen MR) is 91.4 cm³/mol. The first-order valence-electron chi connectivity index (χ1n) is 7.41. The molecular weight excluding hydrogens is 330 g/mol. The minimum atomic E-state index is -1.52. The second kappa shape index (κ2) is 6.12. The van der Waals surface area contributed by atoms with E-state index in [9.17, 15) is 14.7 Å². The maximum Gasteiger partial charge on any atom is 0.275 e. The molecule has 0 saturated carbocycles. The zero-order valence-corrected chi connectivity index (χ0v) is 14.2. The first-order valence-corrected chi connectivity index (χ1v) is 8.64. The number of aliphatic hydroxyl groups excluding tert-OH is 1. The van der Waals surface area contributed by atoms with Gasteiger partial charge in [0.15, 0.2) is 4.87 Å². The van der Waals surface area contributed by atoms with Crippen molar-refractivity contribution >= 4 is 34.5 Å². The van der Waals surface area contributed by atoms with Gasteiger partial charge in [-0.25, -0.2) is 0 Å². The lowest BCUT2D eigenvalue weighted by Gasteiger charge is -2.43. The molecule has 7 nitrogen and oxygen atoms in total. The number of aromatic nitrogens is 1. The minimum absolute atomic E-state index is 0.168. The van der Waals surface area contributed by atoms with Crippen LogP contribution in [0.25, 0.3) is 10.9 Å². The number of thioether (sulfide) groups is 1. The van der Waals surface area contributed by atoms with Crippen LogP contribution in [0.3, 0.4) is 0 Å². The minimum Gasteiger partial charge on any atom is -0.392 e. The van der Waals surface area contributed by atoms with E-state index in [0.717, 1.165) is 28.2 Å². The topological polar surface area (TPSA) is 103 Å². The number of piperazine rings is 1. The van der Waals surface area contributed by atoms with Gasteiger partial charge in [-0.3, -0.25) is 9.59 Å². The molecule has 2 heterocycles. The molecule has 8 heteroatoms. The number of aliphatic hydroxyl groups is 1. The molecule has 1 aliphatic heterocycles. The van der Waals surface area contributed by atoms with Gasteiger partial charge in [0.05, 0.1) is 6.61 Å². The highest BCUT2D eigenvalue weighted by molar-refractivity contribution is 8.00. The smallest absolute Gasteiger partial charge is 0.275 e. The summed E-state index contributed by atoms with van der Waals surface area (Å²) in [6, 6.07) is 7.69. The number of aromatic amines is 1. The van der Waals surface area contributed by atoms with Gasteiger partial charge >= 0.3 is 0 Å². The first kappa shape index (κ1) is 16.8. The number of nitrogens with one attached hydrogen (secondary N) is 3. The number of para-hydroxylation sites is 1. The Bertz CT molecular complexity index is 786. The second-order valence-corrected chi connectivity index (χ2v) is 6.77. The van der Waals surface area contributed by atoms with Crippen molar-refractivity contribution in [2.24, 2.45) is 0 Å². The van der Waals surface area contributed by atoms with Crippen LogP contribution in [0.5, 0.6) is 0 Å². The Morgan fingerprint density at radius 2 is 1.96 bits per heavy atom. The molecule has 2 atom stereocenters. The lowest BCUT2D eigenvalue weighted by molar-refractivity contribution is -0.164. The largest absolute Gasteiger partial charge is 0.392 e. The Kier molecular flexibility index (Phi) is 4.29. The molecule has 2 amide bonds. The van der Waals surface area contributed by atoms with E-state index in [1.807, 2.05) is 24.3 Å². The van der Waals surface area contributed by atoms with Crippen LogP contribution in [-0.4, -0.2) is 52.5 Å². The Hall–Kier alpha value is -2.03. The van der Waals surface area contributed by atoms with Gasteiger partial charge in [-0.1, -0.05) is 18.2 Å². The van der Waals surface area contributed by atoms with E-state index in [2.05, 4.69) is 15.6 Å². The van der Waals surface area contributed by atoms with E-state index >= 15 is 0 Å². The van der Waals surface area contributed by atoms with E-state index in [-0.39, 0.29) is 6.42 Å². The molecule has 0 bridgehead atoms. The summed E-state index contributed by atoms with van der Waals surface area (Å²) in [6.45, 7) is -0.501. The number of methoxy groups -OCH3 is 1. The molecule has 0 unspecified atom stereocenters. The average molecular weight is 349 g/mol. The summed E-state index contributed by atoms with van der Waals surface area (Å²) in [5.41, 5.74) is 0.273. The quantitative estimate of drug-likeness (QED) is 0.624. The normalized spacial score (nSPS) is 27.1. The molecule has 4 N–H and O–H groups in total. The summed E-state index contributed by atoms with van der Waals surface area (Å²) >= 11 is 1.07. The Morgan fingerprint density at radius 3 is 2.62 bits per heavy atom. The summed E-state index contributed by atoms with van der Waals surface area (Å²) in [5.74, 6) is -0.975. The molecule has 3 rings (SSSR count). The van der Waals surface area contributed by atoms with Crippen LogP contribution in [-0.2, 0) is 20.7 Å². The summed E-state index contributed by atoms with van der Waals surface area (Å²) in [4.78, 5) is 26.9. The molecule has 1 aromatic heterocycles. The van der Waals surface area contributed by atoms with Crippen LogP contribution in [0.2, 0.25) is 0 Å². The van der Waals surface area contributed by atoms with Gasteiger partial charge in [-0.15, -0.1) is 11.8 Å². The van der Waals surface area contributed by atoms with Crippen molar-refractivity contribution in [3.8, 4) is 0 Å². The highest BCUT2D eigenvalue weighted by Crippen LogP contribution is 2.30. The van der Waals surface area contributed by atoms with Crippen molar-refractivity contribution in [2.45, 2.75) is 17.0 Å². The van der Waals surface area contributed by atoms with Gasteiger partial charge in [0.25, 0.3) is 11.8 Å². The first-order chi connectivity index (χ1) is 11.5. The zero-order chi connectivity index (χ0) is 17.4. The molecule has 1 aromatic carbocycles. The number of amides is 2. The number of fused-ring (bicyclic) bond motifs is 1. The predicted octanol–water partition coefficient (Wildman–Crippen LogP) is 0.351. The van der Waals surface area contributed by atoms with Gasteiger partial charge in [0, 0.05) is 30.6 Å². The molecule has 0 spiro atoms. The molecule has 1 saturated heterocycles. The molecule has 1 aliphatic rings. The third-order valence-electron chi connectivity index (χ3n) is 4.40. The van der Waals surface area contributed by atoms with E-state index < -0.39 is 29.0 Å². The number of hydrogen-bond acceptors (Lipinski definition) is 5. The SMILES string of the molecule is CO[C@]1(Cc2c[nH]c3ccccc23)NC(=O)[C@@](CO)(SC)NC1=O. The van der Waals surface area contributed by atoms with E-state index in [4.69, 9.17) is 4.74 Å². The molecule has 1 fully saturated rings. The molecule has 0 radical (unpaired) electrons. The van der Waals surface area contributed by atoms with Crippen LogP contribution >= 0.6 is 11.8 Å². The fraction of sp³-hybridized carbons (Fsp3) is 0.375. The van der Waals surface area contributed by atoms with Crippen molar-refractivity contribution in [3.05, 3.63) is 36.0 Å². The molecule has 128 valence electrons. The average Bonchev–Trinajstić information content (AvgIpc) is 3.01. The number of carbonyl (C=O) groups excluding carboxylic acids is 2. The second-order valence-electron chi connectivity index (χ2n) is 5.66. The number of carbonyl (C=O) groups is 2. The maximum absolute atomic E-state index is 12.7. The Morgan fingerprint density at radius 1 is 1.21 bits per heavy atom. The lowest BCUT2D eigenvalue weighted by Crippen LogP contribution is -2.76. The standard InChI is InChI=1S/C16H19N3O4S/c1-23-15(7-10-8-17-12-6-4-3-5-11(10)12)13(21)19-16(9-20,24-2)14(22)18-15/h3-6,8,17,20H,7,9H2,1-2H3,(H,18,22)(H,19,21)/t15-,16+/m0/s1. The molecular formula is C16H19N3O4S. The van der Waals surface area contributed by atoms with Crippen LogP contribution in [0.15, 0.2) is 30.5 Å². The van der Waals surface area contributed by atoms with Crippen LogP contribution in [0.1, 0.15) is 5.56 Å². The number of rotatable bonds is 5. The van der Waals surface area contributed by atoms with Gasteiger partial charge in [-0.05, 0) is 17.9 Å². The molecule has 2 aromatic rings. The highest BCUT2D eigenvalue weighted by Gasteiger charge is 2.54. The summed E-state index contributed by atoms with van der Waals surface area (Å²) < 4.78 is 5.42. The Balaban J connectivity index is 1.95. The number of hydrogen-bond donors (Lipinski definition) is 4. The fourth-order valence-electron chi connectivity index (χ4n) is 2.89. The summed E-state index contributed by atoms with van der Waals surface area (Å²) in [7, 11) is 1.37. The van der Waals surface area contributed by atoms with Gasteiger partial charge < -0.3 is 25.5 Å². The molecule has 0 aliphatic carbocycles. The van der Waals surface area contributed by atoms with Crippen molar-refractivity contribution in [2.75, 3.05) is 20.0 Å². The van der Waals surface area contributed by atoms with Gasteiger partial charge in [0.2, 0.25) is 5.72 Å². The fourth-order valence-corrected chi connectivity index (χ4v) is 3.45. The maximum atomic E-state index is 12.7. The summed E-state index contributed by atoms with van der Waals surface area (Å²) in [6.07, 6.45) is 3.61. The Labute approximate surface area is 143 Å². The van der Waals surface area contributed by atoms with Crippen molar-refractivity contribution in [1.82, 2.24) is 15.6 Å². The number of ether oxygens (including phenoxy) is 1.